The van der Waals surface area contributed by atoms with Crippen molar-refractivity contribution in [1.29, 1.82) is 0 Å². The Kier molecular flexibility index (Phi) is 3.42. The molecule has 0 spiro atoms. The molecule has 1 aromatic carbocycles. The molecule has 0 radical (unpaired) electrons. The minimum Gasteiger partial charge on any atom is -0.292 e. The molecule has 8 heteroatoms. The summed E-state index contributed by atoms with van der Waals surface area (Å²) in [7, 11) is 0. The van der Waals surface area contributed by atoms with Crippen LogP contribution >= 0.6 is 0 Å². The second kappa shape index (κ2) is 5.73. The average molecular weight is 321 g/mol. The van der Waals surface area contributed by atoms with Crippen LogP contribution in [-0.4, -0.2) is 34.3 Å². The topological polar surface area (TPSA) is 83.4 Å². The third-order valence-corrected chi connectivity index (χ3v) is 3.82. The monoisotopic (exact) mass is 321 g/mol. The lowest BCUT2D eigenvalue weighted by atomic mass is 10.3. The molecule has 0 saturated heterocycles. The number of rotatable bonds is 4. The number of hydrogen-bond acceptors (Lipinski definition) is 5. The number of aromatic nitrogens is 7. The summed E-state index contributed by atoms with van der Waals surface area (Å²) >= 11 is 0. The van der Waals surface area contributed by atoms with Crippen LogP contribution < -0.4 is 5.56 Å². The minimum absolute atomic E-state index is 0.131. The van der Waals surface area contributed by atoms with Crippen molar-refractivity contribution in [3.63, 3.8) is 0 Å². The van der Waals surface area contributed by atoms with Crippen LogP contribution in [0.1, 0.15) is 12.6 Å². The lowest BCUT2D eigenvalue weighted by Gasteiger charge is -2.03. The molecule has 0 aliphatic rings. The van der Waals surface area contributed by atoms with Gasteiger partial charge >= 0.3 is 0 Å². The molecule has 120 valence electrons. The van der Waals surface area contributed by atoms with Crippen molar-refractivity contribution < 1.29 is 0 Å². The first-order chi connectivity index (χ1) is 11.8. The number of para-hydroxylation sites is 1. The molecule has 0 aliphatic carbocycles. The van der Waals surface area contributed by atoms with Crippen molar-refractivity contribution in [2.24, 2.45) is 0 Å². The number of hydrogen-bond donors (Lipinski definition) is 0. The van der Waals surface area contributed by atoms with E-state index in [4.69, 9.17) is 0 Å². The lowest BCUT2D eigenvalue weighted by molar-refractivity contribution is 0.670. The second-order valence-electron chi connectivity index (χ2n) is 5.37. The summed E-state index contributed by atoms with van der Waals surface area (Å²) in [5, 5.41) is 12.9. The van der Waals surface area contributed by atoms with E-state index in [0.717, 1.165) is 5.69 Å². The maximum atomic E-state index is 12.6. The maximum Gasteiger partial charge on any atom is 0.264 e. The molecule has 4 aromatic rings. The Balaban J connectivity index is 1.67. The van der Waals surface area contributed by atoms with Gasteiger partial charge in [0.05, 0.1) is 24.6 Å². The standard InChI is InChI=1S/C16H15N7O/c1-2-22-15-14(8-18-22)16(24)21(11-17-15)9-12-10-23(20-19-12)13-6-4-3-5-7-13/h3-8,10-11H,2,9H2,1H3. The van der Waals surface area contributed by atoms with Gasteiger partial charge in [0, 0.05) is 6.54 Å². The fourth-order valence-electron chi connectivity index (χ4n) is 2.59. The largest absolute Gasteiger partial charge is 0.292 e. The summed E-state index contributed by atoms with van der Waals surface area (Å²) in [5.41, 5.74) is 2.08. The summed E-state index contributed by atoms with van der Waals surface area (Å²) in [4.78, 5) is 16.9. The fraction of sp³-hybridized carbons (Fsp3) is 0.188. The number of fused-ring (bicyclic) bond motifs is 1. The molecule has 0 bridgehead atoms. The van der Waals surface area contributed by atoms with E-state index in [0.29, 0.717) is 29.8 Å². The first-order valence-electron chi connectivity index (χ1n) is 7.64. The summed E-state index contributed by atoms with van der Waals surface area (Å²) < 4.78 is 4.90. The van der Waals surface area contributed by atoms with Gasteiger partial charge in [-0.25, -0.2) is 14.3 Å². The van der Waals surface area contributed by atoms with Gasteiger partial charge in [0.15, 0.2) is 5.65 Å². The van der Waals surface area contributed by atoms with Gasteiger partial charge in [0.1, 0.15) is 17.4 Å². The molecule has 8 nitrogen and oxygen atoms in total. The molecule has 0 N–H and O–H groups in total. The highest BCUT2D eigenvalue weighted by atomic mass is 16.1. The molecule has 0 unspecified atom stereocenters. The third-order valence-electron chi connectivity index (χ3n) is 3.82. The number of benzene rings is 1. The van der Waals surface area contributed by atoms with E-state index in [-0.39, 0.29) is 5.56 Å². The Bertz CT molecular complexity index is 1050. The Morgan fingerprint density at radius 2 is 2.00 bits per heavy atom. The zero-order valence-corrected chi connectivity index (χ0v) is 13.1. The van der Waals surface area contributed by atoms with Gasteiger partial charge < -0.3 is 0 Å². The molecular weight excluding hydrogens is 306 g/mol. The van der Waals surface area contributed by atoms with Gasteiger partial charge in [-0.15, -0.1) is 5.10 Å². The highest BCUT2D eigenvalue weighted by Crippen LogP contribution is 2.08. The van der Waals surface area contributed by atoms with Gasteiger partial charge in [-0.2, -0.15) is 5.10 Å². The normalized spacial score (nSPS) is 11.2. The molecule has 0 atom stereocenters. The van der Waals surface area contributed by atoms with Gasteiger partial charge in [-0.1, -0.05) is 23.4 Å². The Morgan fingerprint density at radius 3 is 2.79 bits per heavy atom. The van der Waals surface area contributed by atoms with Gasteiger partial charge in [0.25, 0.3) is 5.56 Å². The first kappa shape index (κ1) is 14.3. The average Bonchev–Trinajstić information content (AvgIpc) is 3.25. The molecule has 0 aliphatic heterocycles. The predicted octanol–water partition coefficient (Wildman–Crippen LogP) is 1.24. The quantitative estimate of drug-likeness (QED) is 0.565. The highest BCUT2D eigenvalue weighted by molar-refractivity contribution is 5.72. The van der Waals surface area contributed by atoms with Crippen LogP contribution in [0.25, 0.3) is 16.7 Å². The van der Waals surface area contributed by atoms with E-state index in [1.54, 1.807) is 21.8 Å². The molecule has 0 saturated carbocycles. The molecule has 3 aromatic heterocycles. The van der Waals surface area contributed by atoms with Crippen LogP contribution in [0.2, 0.25) is 0 Å². The lowest BCUT2D eigenvalue weighted by Crippen LogP contribution is -2.21. The van der Waals surface area contributed by atoms with Gasteiger partial charge in [-0.3, -0.25) is 9.36 Å². The Labute approximate surface area is 137 Å². The third kappa shape index (κ3) is 2.37. The molecule has 4 rings (SSSR count). The SMILES string of the molecule is CCn1ncc2c(=O)n(Cc3cn(-c4ccccc4)nn3)cnc21. The van der Waals surface area contributed by atoms with Crippen LogP contribution in [0.5, 0.6) is 0 Å². The van der Waals surface area contributed by atoms with Gasteiger partial charge in [0.2, 0.25) is 0 Å². The second-order valence-corrected chi connectivity index (χ2v) is 5.37. The maximum absolute atomic E-state index is 12.6. The van der Waals surface area contributed by atoms with Crippen molar-refractivity contribution >= 4 is 11.0 Å². The van der Waals surface area contributed by atoms with E-state index in [1.165, 1.54) is 10.9 Å². The van der Waals surface area contributed by atoms with Crippen molar-refractivity contribution in [1.82, 2.24) is 34.3 Å². The molecule has 0 fully saturated rings. The summed E-state index contributed by atoms with van der Waals surface area (Å²) in [6, 6.07) is 9.70. The molecule has 24 heavy (non-hydrogen) atoms. The van der Waals surface area contributed by atoms with Crippen LogP contribution in [0.4, 0.5) is 0 Å². The summed E-state index contributed by atoms with van der Waals surface area (Å²) in [6.07, 6.45) is 4.90. The first-order valence-corrected chi connectivity index (χ1v) is 7.64. The Hall–Kier alpha value is -3.29. The van der Waals surface area contributed by atoms with Crippen LogP contribution in [0, 0.1) is 0 Å². The van der Waals surface area contributed by atoms with Crippen LogP contribution in [0.15, 0.2) is 53.8 Å². The zero-order valence-electron chi connectivity index (χ0n) is 13.1. The van der Waals surface area contributed by atoms with Crippen LogP contribution in [0.3, 0.4) is 0 Å². The van der Waals surface area contributed by atoms with Crippen molar-refractivity contribution in [3.8, 4) is 5.69 Å². The van der Waals surface area contributed by atoms with Gasteiger partial charge in [-0.05, 0) is 19.1 Å². The van der Waals surface area contributed by atoms with E-state index < -0.39 is 0 Å². The minimum atomic E-state index is -0.131. The highest BCUT2D eigenvalue weighted by Gasteiger charge is 2.11. The summed E-state index contributed by atoms with van der Waals surface area (Å²) in [5.74, 6) is 0. The number of nitrogens with zero attached hydrogens (tertiary/aromatic N) is 7. The van der Waals surface area contributed by atoms with Crippen molar-refractivity contribution in [2.45, 2.75) is 20.0 Å². The fourth-order valence-corrected chi connectivity index (χ4v) is 2.59. The number of aryl methyl sites for hydroxylation is 1. The van der Waals surface area contributed by atoms with E-state index in [1.807, 2.05) is 37.3 Å². The summed E-state index contributed by atoms with van der Waals surface area (Å²) in [6.45, 7) is 2.94. The molecule has 0 amide bonds. The van der Waals surface area contributed by atoms with E-state index in [2.05, 4.69) is 20.4 Å². The predicted molar refractivity (Wildman–Crippen MR) is 87.9 cm³/mol. The molecular formula is C16H15N7O. The van der Waals surface area contributed by atoms with Crippen LogP contribution in [-0.2, 0) is 13.1 Å². The van der Waals surface area contributed by atoms with E-state index in [9.17, 15) is 4.79 Å². The van der Waals surface area contributed by atoms with Crippen molar-refractivity contribution in [2.75, 3.05) is 0 Å². The van der Waals surface area contributed by atoms with Crippen molar-refractivity contribution in [3.05, 3.63) is 65.1 Å². The molecule has 3 heterocycles. The van der Waals surface area contributed by atoms with E-state index >= 15 is 0 Å². The zero-order chi connectivity index (χ0) is 16.5. The smallest absolute Gasteiger partial charge is 0.264 e. The Morgan fingerprint density at radius 1 is 1.17 bits per heavy atom.